The Balaban J connectivity index is 0.000000220. The van der Waals surface area contributed by atoms with Crippen molar-refractivity contribution in [1.82, 2.24) is 0 Å². The minimum atomic E-state index is -3.94. The van der Waals surface area contributed by atoms with Crippen LogP contribution in [0.3, 0.4) is 0 Å². The third-order valence-electron chi connectivity index (χ3n) is 2.19. The molecule has 0 spiro atoms. The van der Waals surface area contributed by atoms with Crippen molar-refractivity contribution in [2.45, 2.75) is 9.79 Å². The zero-order valence-electron chi connectivity index (χ0n) is 10.6. The molecule has 10 heteroatoms. The van der Waals surface area contributed by atoms with Crippen LogP contribution in [0.1, 0.15) is 0 Å². The summed E-state index contributed by atoms with van der Waals surface area (Å²) in [6, 6.07) is 9.23. The molecule has 0 bridgehead atoms. The number of benzene rings is 2. The van der Waals surface area contributed by atoms with E-state index in [1.54, 1.807) is 0 Å². The number of hydrogen-bond acceptors (Lipinski definition) is 4. The summed E-state index contributed by atoms with van der Waals surface area (Å²) in [6.45, 7) is 0. The van der Waals surface area contributed by atoms with E-state index in [0.29, 0.717) is 0 Å². The summed E-state index contributed by atoms with van der Waals surface area (Å²) in [4.78, 5) is -0.581. The van der Waals surface area contributed by atoms with Crippen molar-refractivity contribution in [3.05, 3.63) is 60.2 Å². The van der Waals surface area contributed by atoms with Crippen LogP contribution in [0.5, 0.6) is 0 Å². The average Bonchev–Trinajstić information content (AvgIpc) is 2.38. The second-order valence-corrected chi connectivity index (χ2v) is 8.86. The van der Waals surface area contributed by atoms with Crippen molar-refractivity contribution >= 4 is 39.5 Å². The van der Waals surface area contributed by atoms with Crippen LogP contribution in [0.2, 0.25) is 0 Å². The fourth-order valence-electron chi connectivity index (χ4n) is 1.24. The van der Waals surface area contributed by atoms with Gasteiger partial charge in [0.25, 0.3) is 18.1 Å². The van der Waals surface area contributed by atoms with Crippen molar-refractivity contribution in [3.63, 3.8) is 0 Å². The van der Waals surface area contributed by atoms with Crippen LogP contribution in [0, 0.1) is 11.6 Å². The molecule has 0 radical (unpaired) electrons. The molecular weight excluding hydrogens is 381 g/mol. The quantitative estimate of drug-likeness (QED) is 0.738. The monoisotopic (exact) mass is 388 g/mol. The number of hydrogen-bond donors (Lipinski definition) is 0. The fraction of sp³-hybridized carbons (Fsp3) is 0. The van der Waals surface area contributed by atoms with Crippen LogP contribution in [-0.4, -0.2) is 16.8 Å². The van der Waals surface area contributed by atoms with Gasteiger partial charge in [-0.3, -0.25) is 0 Å². The van der Waals surface area contributed by atoms with Gasteiger partial charge in [-0.1, -0.05) is 12.1 Å². The van der Waals surface area contributed by atoms with Gasteiger partial charge < -0.3 is 0 Å². The Morgan fingerprint density at radius 1 is 0.727 bits per heavy atom. The fourth-order valence-corrected chi connectivity index (χ4v) is 2.93. The van der Waals surface area contributed by atoms with Gasteiger partial charge in [-0.15, -0.1) is 0 Å². The summed E-state index contributed by atoms with van der Waals surface area (Å²) in [5.41, 5.74) is 0. The predicted molar refractivity (Wildman–Crippen MR) is 78.9 cm³/mol. The van der Waals surface area contributed by atoms with Crippen molar-refractivity contribution < 1.29 is 25.6 Å². The van der Waals surface area contributed by atoms with Crippen LogP contribution in [-0.2, 0) is 18.1 Å². The second kappa shape index (κ2) is 7.36. The molecule has 0 unspecified atom stereocenters. The van der Waals surface area contributed by atoms with Crippen LogP contribution >= 0.6 is 21.4 Å². The second-order valence-electron chi connectivity index (χ2n) is 3.76. The summed E-state index contributed by atoms with van der Waals surface area (Å²) in [5.74, 6) is -1.32. The summed E-state index contributed by atoms with van der Waals surface area (Å²) >= 11 is 0. The molecule has 4 nitrogen and oxygen atoms in total. The third kappa shape index (κ3) is 5.88. The molecule has 2 aromatic rings. The van der Waals surface area contributed by atoms with Crippen molar-refractivity contribution in [1.29, 1.82) is 0 Å². The van der Waals surface area contributed by atoms with Crippen molar-refractivity contribution in [2.24, 2.45) is 0 Å². The molecule has 0 aromatic heterocycles. The molecule has 22 heavy (non-hydrogen) atoms. The predicted octanol–water partition coefficient (Wildman–Crippen LogP) is 3.51. The Morgan fingerprint density at radius 2 is 1.23 bits per heavy atom. The highest BCUT2D eigenvalue weighted by Crippen LogP contribution is 2.17. The Kier molecular flexibility index (Phi) is 6.30. The molecule has 0 aliphatic heterocycles. The molecule has 0 saturated carbocycles. The smallest absolute Gasteiger partial charge is 0.207 e. The number of halogens is 4. The van der Waals surface area contributed by atoms with E-state index < -0.39 is 34.6 Å². The largest absolute Gasteiger partial charge is 0.264 e. The Labute approximate surface area is 135 Å². The van der Waals surface area contributed by atoms with Gasteiger partial charge in [0.1, 0.15) is 16.5 Å². The van der Waals surface area contributed by atoms with Crippen LogP contribution in [0.15, 0.2) is 58.3 Å². The van der Waals surface area contributed by atoms with Gasteiger partial charge >= 0.3 is 0 Å². The van der Waals surface area contributed by atoms with E-state index in [2.05, 4.69) is 0 Å². The zero-order chi connectivity index (χ0) is 17.0. The Morgan fingerprint density at radius 3 is 1.59 bits per heavy atom. The normalized spacial score (nSPS) is 11.5. The summed E-state index contributed by atoms with van der Waals surface area (Å²) in [7, 11) is 2.21. The van der Waals surface area contributed by atoms with Gasteiger partial charge in [-0.25, -0.2) is 25.6 Å². The molecule has 2 aromatic carbocycles. The first-order valence-electron chi connectivity index (χ1n) is 5.41. The highest BCUT2D eigenvalue weighted by atomic mass is 35.7. The molecular formula is C12H8Cl2F2O4S2. The third-order valence-corrected chi connectivity index (χ3v) is 4.92. The van der Waals surface area contributed by atoms with Gasteiger partial charge in [-0.2, -0.15) is 0 Å². The van der Waals surface area contributed by atoms with Crippen molar-refractivity contribution in [3.8, 4) is 0 Å². The molecule has 2 rings (SSSR count). The molecule has 0 aliphatic rings. The highest BCUT2D eigenvalue weighted by Gasteiger charge is 2.13. The standard InChI is InChI=1S/2C6H4ClFO2S/c7-11(9,10)6-3-1-5(8)2-4-6;7-11(9,10)6-4-2-1-3-5(6)8/h2*1-4H. The lowest BCUT2D eigenvalue weighted by atomic mass is 10.4. The van der Waals surface area contributed by atoms with Crippen LogP contribution in [0.25, 0.3) is 0 Å². The molecule has 0 fully saturated rings. The van der Waals surface area contributed by atoms with E-state index in [1.165, 1.54) is 12.1 Å². The molecule has 120 valence electrons. The maximum atomic E-state index is 12.6. The molecule has 0 amide bonds. The SMILES string of the molecule is O=S(=O)(Cl)c1ccc(F)cc1.O=S(=O)(Cl)c1ccccc1F. The van der Waals surface area contributed by atoms with Gasteiger partial charge in [0, 0.05) is 21.4 Å². The lowest BCUT2D eigenvalue weighted by Gasteiger charge is -1.95. The Hall–Kier alpha value is -1.22. The van der Waals surface area contributed by atoms with Crippen LogP contribution in [0.4, 0.5) is 8.78 Å². The summed E-state index contributed by atoms with van der Waals surface area (Å²) in [6.07, 6.45) is 0. The maximum Gasteiger partial charge on any atom is 0.264 e. The van der Waals surface area contributed by atoms with Gasteiger partial charge in [0.05, 0.1) is 4.90 Å². The van der Waals surface area contributed by atoms with Gasteiger partial charge in [0.15, 0.2) is 0 Å². The zero-order valence-corrected chi connectivity index (χ0v) is 13.7. The van der Waals surface area contributed by atoms with E-state index in [4.69, 9.17) is 21.4 Å². The van der Waals surface area contributed by atoms with Crippen LogP contribution < -0.4 is 0 Å². The first-order valence-corrected chi connectivity index (χ1v) is 10.0. The average molecular weight is 389 g/mol. The minimum absolute atomic E-state index is 0.0967. The molecule has 0 heterocycles. The van der Waals surface area contributed by atoms with Gasteiger partial charge in [-0.05, 0) is 36.4 Å². The first kappa shape index (κ1) is 18.8. The number of rotatable bonds is 2. The van der Waals surface area contributed by atoms with E-state index in [1.807, 2.05) is 0 Å². The molecule has 0 N–H and O–H groups in total. The first-order chi connectivity index (χ1) is 10.0. The topological polar surface area (TPSA) is 68.3 Å². The van der Waals surface area contributed by atoms with E-state index in [-0.39, 0.29) is 4.90 Å². The Bertz CT molecular complexity index is 851. The molecule has 0 atom stereocenters. The van der Waals surface area contributed by atoms with Crippen molar-refractivity contribution in [2.75, 3.05) is 0 Å². The van der Waals surface area contributed by atoms with E-state index in [9.17, 15) is 25.6 Å². The maximum absolute atomic E-state index is 12.6. The summed E-state index contributed by atoms with van der Waals surface area (Å²) in [5, 5.41) is 0. The molecule has 0 saturated heterocycles. The minimum Gasteiger partial charge on any atom is -0.207 e. The lowest BCUT2D eigenvalue weighted by Crippen LogP contribution is -1.93. The highest BCUT2D eigenvalue weighted by molar-refractivity contribution is 8.14. The molecule has 0 aliphatic carbocycles. The lowest BCUT2D eigenvalue weighted by molar-refractivity contribution is 0.575. The van der Waals surface area contributed by atoms with E-state index in [0.717, 1.165) is 36.4 Å². The van der Waals surface area contributed by atoms with Gasteiger partial charge in [0.2, 0.25) is 0 Å². The summed E-state index contributed by atoms with van der Waals surface area (Å²) < 4.78 is 67.2. The van der Waals surface area contributed by atoms with E-state index >= 15 is 0 Å².